The summed E-state index contributed by atoms with van der Waals surface area (Å²) < 4.78 is 20.2. The largest absolute Gasteiger partial charge is 0.354 e. The van der Waals surface area contributed by atoms with Crippen molar-refractivity contribution in [2.24, 2.45) is 5.92 Å². The lowest BCUT2D eigenvalue weighted by molar-refractivity contribution is 0.286. The molecule has 1 aliphatic heterocycles. The van der Waals surface area contributed by atoms with E-state index in [4.69, 9.17) is 9.51 Å². The lowest BCUT2D eigenvalue weighted by atomic mass is 9.73. The minimum atomic E-state index is -0.186. The maximum Gasteiger partial charge on any atom is 0.123 e. The molecule has 6 heteroatoms. The normalized spacial score (nSPS) is 25.8. The molecule has 0 amide bonds. The molecule has 2 saturated carbocycles. The Bertz CT molecular complexity index is 1420. The fourth-order valence-corrected chi connectivity index (χ4v) is 9.02. The number of H-pyrrole nitrogens is 1. The van der Waals surface area contributed by atoms with Crippen molar-refractivity contribution < 1.29 is 8.91 Å². The molecule has 2 aromatic heterocycles. The number of fused-ring (bicyclic) bond motifs is 2. The number of benzene rings is 2. The summed E-state index contributed by atoms with van der Waals surface area (Å²) in [4.78, 5) is 13.1. The molecule has 2 aliphatic carbocycles. The highest BCUT2D eigenvalue weighted by Crippen LogP contribution is 2.77. The predicted molar refractivity (Wildman–Crippen MR) is 144 cm³/mol. The van der Waals surface area contributed by atoms with Gasteiger partial charge in [0.05, 0.1) is 23.2 Å². The summed E-state index contributed by atoms with van der Waals surface area (Å²) in [6.07, 6.45) is 11.9. The number of nitrogens with one attached hydrogen (secondary N) is 1. The molecule has 0 radical (unpaired) electrons. The first-order valence-corrected chi connectivity index (χ1v) is 15.0. The van der Waals surface area contributed by atoms with Crippen molar-refractivity contribution in [1.82, 2.24) is 15.0 Å². The van der Waals surface area contributed by atoms with Gasteiger partial charge in [0.25, 0.3) is 0 Å². The Kier molecular flexibility index (Phi) is 5.63. The average Bonchev–Trinajstić information content (AvgIpc) is 3.49. The Morgan fingerprint density at radius 3 is 2.72 bits per heavy atom. The number of hydrogen-bond donors (Lipinski definition) is 1. The van der Waals surface area contributed by atoms with Gasteiger partial charge >= 0.3 is 0 Å². The van der Waals surface area contributed by atoms with Crippen molar-refractivity contribution in [3.05, 3.63) is 71.4 Å². The molecule has 1 spiro atoms. The summed E-state index contributed by atoms with van der Waals surface area (Å²) in [5.41, 5.74) is 5.54. The second kappa shape index (κ2) is 8.89. The smallest absolute Gasteiger partial charge is 0.123 e. The van der Waals surface area contributed by atoms with E-state index in [-0.39, 0.29) is 14.0 Å². The van der Waals surface area contributed by atoms with Crippen LogP contribution in [0.25, 0.3) is 21.9 Å². The van der Waals surface area contributed by atoms with Gasteiger partial charge < -0.3 is 9.51 Å². The first kappa shape index (κ1) is 22.8. The first-order valence-electron chi connectivity index (χ1n) is 13.5. The number of aromatic amines is 1. The number of hydrogen-bond acceptors (Lipinski definition) is 3. The third-order valence-electron chi connectivity index (χ3n) is 9.19. The molecule has 36 heavy (non-hydrogen) atoms. The second-order valence-electron chi connectivity index (χ2n) is 11.3. The summed E-state index contributed by atoms with van der Waals surface area (Å²) in [6, 6.07) is 13.6. The summed E-state index contributed by atoms with van der Waals surface area (Å²) in [5, 5.41) is 1.59. The average molecular weight is 502 g/mol. The Morgan fingerprint density at radius 1 is 1.08 bits per heavy atom. The van der Waals surface area contributed by atoms with Gasteiger partial charge in [0, 0.05) is 37.0 Å². The Labute approximate surface area is 212 Å². The zero-order valence-electron chi connectivity index (χ0n) is 20.8. The van der Waals surface area contributed by atoms with Gasteiger partial charge in [-0.3, -0.25) is 4.98 Å². The molecular formula is C30H33FN3OP. The Hall–Kier alpha value is -2.36. The van der Waals surface area contributed by atoms with Crippen LogP contribution in [0.15, 0.2) is 48.7 Å². The lowest BCUT2D eigenvalue weighted by Gasteiger charge is -2.32. The van der Waals surface area contributed by atoms with Crippen LogP contribution in [0.2, 0.25) is 0 Å². The van der Waals surface area contributed by atoms with Crippen molar-refractivity contribution in [1.29, 1.82) is 0 Å². The van der Waals surface area contributed by atoms with E-state index < -0.39 is 0 Å². The van der Waals surface area contributed by atoms with Crippen LogP contribution in [-0.4, -0.2) is 26.3 Å². The Morgan fingerprint density at radius 2 is 1.94 bits per heavy atom. The molecule has 3 aliphatic rings. The monoisotopic (exact) mass is 501 g/mol. The highest BCUT2D eigenvalue weighted by atomic mass is 31.2. The van der Waals surface area contributed by atoms with Gasteiger partial charge in [0.2, 0.25) is 0 Å². The molecule has 4 nitrogen and oxygen atoms in total. The predicted octanol–water partition coefficient (Wildman–Crippen LogP) is 8.18. The summed E-state index contributed by atoms with van der Waals surface area (Å²) in [5.74, 6) is 2.37. The van der Waals surface area contributed by atoms with Crippen molar-refractivity contribution in [2.75, 3.05) is 6.16 Å². The molecule has 1 N–H and O–H groups in total. The minimum Gasteiger partial charge on any atom is -0.354 e. The molecular weight excluding hydrogens is 468 g/mol. The highest BCUT2D eigenvalue weighted by molar-refractivity contribution is 7.62. The molecule has 2 aromatic carbocycles. The fraction of sp³-hybridized carbons (Fsp3) is 0.467. The van der Waals surface area contributed by atoms with Crippen molar-refractivity contribution >= 4 is 30.1 Å². The second-order valence-corrected chi connectivity index (χ2v) is 13.6. The van der Waals surface area contributed by atoms with Gasteiger partial charge in [0.1, 0.15) is 11.6 Å². The van der Waals surface area contributed by atoms with Crippen molar-refractivity contribution in [3.63, 3.8) is 0 Å². The van der Waals surface area contributed by atoms with Gasteiger partial charge in [-0.15, -0.1) is 0 Å². The van der Waals surface area contributed by atoms with E-state index in [2.05, 4.69) is 41.2 Å². The molecule has 7 rings (SSSR count). The fourth-order valence-electron chi connectivity index (χ4n) is 6.59. The summed E-state index contributed by atoms with van der Waals surface area (Å²) in [7, 11) is -0.173. The zero-order chi connectivity index (χ0) is 24.3. The van der Waals surface area contributed by atoms with E-state index in [0.29, 0.717) is 22.9 Å². The number of pyridine rings is 1. The van der Waals surface area contributed by atoms with Crippen LogP contribution in [0, 0.1) is 11.7 Å². The van der Waals surface area contributed by atoms with Gasteiger partial charge in [-0.1, -0.05) is 19.4 Å². The molecule has 2 unspecified atom stereocenters. The number of aromatic nitrogens is 3. The SMILES string of the molecule is CC(c1nc2cc(COP3CC34CCC4)ccc2[nH]1)C1CCC(c2ccnc3ccc(F)cc23)CC1. The maximum absolute atomic E-state index is 13.9. The quantitative estimate of drug-likeness (QED) is 0.271. The molecule has 1 saturated heterocycles. The Balaban J connectivity index is 1.01. The third kappa shape index (κ3) is 4.05. The number of rotatable bonds is 6. The number of halogens is 1. The van der Waals surface area contributed by atoms with Crippen molar-refractivity contribution in [2.45, 2.75) is 75.5 Å². The zero-order valence-corrected chi connectivity index (χ0v) is 21.7. The van der Waals surface area contributed by atoms with Gasteiger partial charge in [-0.05, 0) is 97.9 Å². The molecule has 186 valence electrons. The molecule has 4 aromatic rings. The topological polar surface area (TPSA) is 50.8 Å². The number of imidazole rings is 1. The maximum atomic E-state index is 13.9. The lowest BCUT2D eigenvalue weighted by Crippen LogP contribution is -2.19. The van der Waals surface area contributed by atoms with Crippen LogP contribution in [-0.2, 0) is 11.1 Å². The molecule has 2 atom stereocenters. The molecule has 3 heterocycles. The molecule has 0 bridgehead atoms. The van der Waals surface area contributed by atoms with Crippen LogP contribution in [0.4, 0.5) is 4.39 Å². The first-order chi connectivity index (χ1) is 17.6. The van der Waals surface area contributed by atoms with Crippen LogP contribution in [0.5, 0.6) is 0 Å². The van der Waals surface area contributed by atoms with Gasteiger partial charge in [0.15, 0.2) is 0 Å². The van der Waals surface area contributed by atoms with Crippen LogP contribution in [0.3, 0.4) is 0 Å². The third-order valence-corrected chi connectivity index (χ3v) is 11.8. The van der Waals surface area contributed by atoms with E-state index in [0.717, 1.165) is 60.1 Å². The van der Waals surface area contributed by atoms with Gasteiger partial charge in [-0.2, -0.15) is 0 Å². The highest BCUT2D eigenvalue weighted by Gasteiger charge is 2.59. The van der Waals surface area contributed by atoms with Crippen LogP contribution in [0.1, 0.15) is 80.7 Å². The number of nitrogens with zero attached hydrogens (tertiary/aromatic N) is 2. The van der Waals surface area contributed by atoms with Crippen LogP contribution >= 0.6 is 8.15 Å². The van der Waals surface area contributed by atoms with Crippen LogP contribution < -0.4 is 0 Å². The van der Waals surface area contributed by atoms with E-state index >= 15 is 0 Å². The van der Waals surface area contributed by atoms with E-state index in [9.17, 15) is 4.39 Å². The molecule has 3 fully saturated rings. The summed E-state index contributed by atoms with van der Waals surface area (Å²) in [6.45, 7) is 3.04. The summed E-state index contributed by atoms with van der Waals surface area (Å²) >= 11 is 0. The standard InChI is InChI=1S/C30H33FN3OP/c1-19(21-4-6-22(7-5-21)24-11-14-32-26-10-8-23(31)16-25(24)26)29-33-27-9-3-20(15-28(27)34-29)17-35-36-18-30(36)12-2-13-30/h3,8-11,14-16,19,21-22H,2,4-7,12-13,17-18H2,1H3,(H,33,34). The van der Waals surface area contributed by atoms with E-state index in [1.165, 1.54) is 42.6 Å². The van der Waals surface area contributed by atoms with E-state index in [1.54, 1.807) is 12.1 Å². The van der Waals surface area contributed by atoms with Gasteiger partial charge in [-0.25, -0.2) is 9.37 Å². The minimum absolute atomic E-state index is 0.173. The van der Waals surface area contributed by atoms with Crippen molar-refractivity contribution in [3.8, 4) is 0 Å². The van der Waals surface area contributed by atoms with E-state index in [1.807, 2.05) is 6.20 Å².